The molecule has 1 amide bonds. The monoisotopic (exact) mass is 446 g/mol. The van der Waals surface area contributed by atoms with E-state index in [1.54, 1.807) is 16.7 Å². The van der Waals surface area contributed by atoms with Crippen molar-refractivity contribution in [1.82, 2.24) is 4.98 Å². The van der Waals surface area contributed by atoms with Gasteiger partial charge in [-0.3, -0.25) is 9.69 Å². The second kappa shape index (κ2) is 9.04. The highest BCUT2D eigenvalue weighted by atomic mass is 35.5. The van der Waals surface area contributed by atoms with Gasteiger partial charge in [0.2, 0.25) is 0 Å². The smallest absolute Gasteiger partial charge is 0.261 e. The number of hydrogen-bond donors (Lipinski definition) is 0. The van der Waals surface area contributed by atoms with Crippen LogP contribution in [-0.4, -0.2) is 35.9 Å². The van der Waals surface area contributed by atoms with E-state index in [1.165, 1.54) is 11.3 Å². The molecule has 1 aliphatic rings. The number of hydrogen-bond acceptors (Lipinski definition) is 5. The van der Waals surface area contributed by atoms with E-state index in [4.69, 9.17) is 21.3 Å². The molecule has 4 rings (SSSR count). The van der Waals surface area contributed by atoms with Gasteiger partial charge in [-0.15, -0.1) is 11.8 Å². The van der Waals surface area contributed by atoms with E-state index in [2.05, 4.69) is 6.92 Å². The van der Waals surface area contributed by atoms with E-state index >= 15 is 0 Å². The first-order chi connectivity index (χ1) is 14.1. The first-order valence-electron chi connectivity index (χ1n) is 9.79. The molecule has 1 fully saturated rings. The molecule has 2 aromatic carbocycles. The minimum absolute atomic E-state index is 0.0279. The Balaban J connectivity index is 1.76. The molecule has 0 spiro atoms. The third-order valence-corrected chi connectivity index (χ3v) is 7.45. The van der Waals surface area contributed by atoms with Gasteiger partial charge in [0.1, 0.15) is 0 Å². The third kappa shape index (κ3) is 4.31. The van der Waals surface area contributed by atoms with Crippen molar-refractivity contribution >= 4 is 56.0 Å². The van der Waals surface area contributed by atoms with Crippen LogP contribution in [0.3, 0.4) is 0 Å². The molecule has 1 unspecified atom stereocenters. The van der Waals surface area contributed by atoms with Gasteiger partial charge in [0.15, 0.2) is 5.13 Å². The van der Waals surface area contributed by atoms with Crippen LogP contribution >= 0.6 is 34.7 Å². The quantitative estimate of drug-likeness (QED) is 0.423. The van der Waals surface area contributed by atoms with Crippen molar-refractivity contribution in [3.63, 3.8) is 0 Å². The summed E-state index contributed by atoms with van der Waals surface area (Å²) in [5.41, 5.74) is 2.52. The molecule has 3 aromatic rings. The summed E-state index contributed by atoms with van der Waals surface area (Å²) in [5.74, 6) is 0.884. The molecule has 1 aliphatic heterocycles. The van der Waals surface area contributed by atoms with E-state index in [0.717, 1.165) is 45.9 Å². The molecule has 0 bridgehead atoms. The molecule has 29 heavy (non-hydrogen) atoms. The summed E-state index contributed by atoms with van der Waals surface area (Å²) < 4.78 is 6.87. The summed E-state index contributed by atoms with van der Waals surface area (Å²) in [6.07, 6.45) is 2.04. The van der Waals surface area contributed by atoms with Gasteiger partial charge in [-0.25, -0.2) is 4.98 Å². The lowest BCUT2D eigenvalue weighted by Crippen LogP contribution is -2.37. The first kappa shape index (κ1) is 20.7. The fourth-order valence-corrected chi connectivity index (χ4v) is 5.50. The Bertz CT molecular complexity index is 1030. The molecular weight excluding hydrogens is 424 g/mol. The Morgan fingerprint density at radius 3 is 2.93 bits per heavy atom. The van der Waals surface area contributed by atoms with Crippen LogP contribution in [0.25, 0.3) is 10.2 Å². The number of fused-ring (bicyclic) bond motifs is 1. The number of carbonyl (C=O) groups excluding carboxylic acids is 1. The highest BCUT2D eigenvalue weighted by molar-refractivity contribution is 7.99. The van der Waals surface area contributed by atoms with Crippen molar-refractivity contribution in [2.24, 2.45) is 0 Å². The van der Waals surface area contributed by atoms with Crippen LogP contribution in [0.4, 0.5) is 5.13 Å². The van der Waals surface area contributed by atoms with Crippen LogP contribution in [-0.2, 0) is 4.74 Å². The van der Waals surface area contributed by atoms with Gasteiger partial charge in [-0.1, -0.05) is 42.0 Å². The number of rotatable bonds is 6. The minimum Gasteiger partial charge on any atom is -0.376 e. The maximum absolute atomic E-state index is 13.7. The Kier molecular flexibility index (Phi) is 6.44. The zero-order valence-corrected chi connectivity index (χ0v) is 18.9. The van der Waals surface area contributed by atoms with Gasteiger partial charge in [-0.2, -0.15) is 0 Å². The van der Waals surface area contributed by atoms with E-state index in [0.29, 0.717) is 22.3 Å². The predicted octanol–water partition coefficient (Wildman–Crippen LogP) is 6.20. The average Bonchev–Trinajstić information content (AvgIpc) is 3.39. The van der Waals surface area contributed by atoms with E-state index < -0.39 is 0 Å². The topological polar surface area (TPSA) is 42.4 Å². The minimum atomic E-state index is -0.0279. The number of aromatic nitrogens is 1. The van der Waals surface area contributed by atoms with E-state index in [1.807, 2.05) is 43.3 Å². The van der Waals surface area contributed by atoms with E-state index in [9.17, 15) is 4.79 Å². The van der Waals surface area contributed by atoms with Crippen LogP contribution in [0, 0.1) is 6.92 Å². The average molecular weight is 447 g/mol. The number of halogens is 1. The number of anilines is 1. The van der Waals surface area contributed by atoms with Gasteiger partial charge in [-0.05, 0) is 55.3 Å². The zero-order chi connectivity index (χ0) is 20.4. The summed E-state index contributed by atoms with van der Waals surface area (Å²) in [4.78, 5) is 21.3. The molecule has 1 atom stereocenters. The van der Waals surface area contributed by atoms with Crippen LogP contribution in [0.5, 0.6) is 0 Å². The van der Waals surface area contributed by atoms with Crippen LogP contribution in [0.2, 0.25) is 5.02 Å². The van der Waals surface area contributed by atoms with Crippen LogP contribution in [0.1, 0.15) is 35.7 Å². The van der Waals surface area contributed by atoms with Gasteiger partial charge in [0.05, 0.1) is 28.4 Å². The summed E-state index contributed by atoms with van der Waals surface area (Å²) in [5, 5.41) is 1.39. The number of ether oxygens (including phenoxy) is 1. The van der Waals surface area contributed by atoms with Crippen molar-refractivity contribution in [3.8, 4) is 0 Å². The van der Waals surface area contributed by atoms with Crippen molar-refractivity contribution < 1.29 is 9.53 Å². The van der Waals surface area contributed by atoms with Crippen molar-refractivity contribution in [2.75, 3.05) is 23.8 Å². The SMILES string of the molecule is CCSc1ccccc1C(=O)N(CC1CCCO1)c1nc2c(C)c(Cl)ccc2s1. The normalized spacial score (nSPS) is 16.4. The maximum atomic E-state index is 13.7. The maximum Gasteiger partial charge on any atom is 0.261 e. The number of nitrogens with zero attached hydrogens (tertiary/aromatic N) is 2. The number of thiazole rings is 1. The highest BCUT2D eigenvalue weighted by Crippen LogP contribution is 2.35. The standard InChI is InChI=1S/C22H23ClN2O2S2/c1-3-28-18-9-5-4-8-16(18)21(26)25(13-15-7-6-12-27-15)22-24-20-14(2)17(23)10-11-19(20)29-22/h4-5,8-11,15H,3,6-7,12-13H2,1-2H3. The zero-order valence-electron chi connectivity index (χ0n) is 16.5. The highest BCUT2D eigenvalue weighted by Gasteiger charge is 2.28. The summed E-state index contributed by atoms with van der Waals surface area (Å²) >= 11 is 9.50. The van der Waals surface area contributed by atoms with E-state index in [-0.39, 0.29) is 12.0 Å². The van der Waals surface area contributed by atoms with Gasteiger partial charge >= 0.3 is 0 Å². The largest absolute Gasteiger partial charge is 0.376 e. The fraction of sp³-hybridized carbons (Fsp3) is 0.364. The molecule has 2 heterocycles. The first-order valence-corrected chi connectivity index (χ1v) is 12.0. The Morgan fingerprint density at radius 1 is 1.34 bits per heavy atom. The number of aryl methyl sites for hydroxylation is 1. The van der Waals surface area contributed by atoms with Gasteiger partial charge in [0, 0.05) is 16.5 Å². The van der Waals surface area contributed by atoms with Gasteiger partial charge < -0.3 is 4.74 Å². The molecule has 4 nitrogen and oxygen atoms in total. The molecule has 0 aliphatic carbocycles. The molecule has 0 radical (unpaired) electrons. The van der Waals surface area contributed by atoms with Crippen molar-refractivity contribution in [3.05, 3.63) is 52.5 Å². The molecule has 0 saturated carbocycles. The van der Waals surface area contributed by atoms with Crippen molar-refractivity contribution in [1.29, 1.82) is 0 Å². The molecule has 1 aromatic heterocycles. The number of carbonyl (C=O) groups is 1. The lowest BCUT2D eigenvalue weighted by molar-refractivity contribution is 0.0915. The Morgan fingerprint density at radius 2 is 2.17 bits per heavy atom. The van der Waals surface area contributed by atoms with Crippen LogP contribution < -0.4 is 4.90 Å². The predicted molar refractivity (Wildman–Crippen MR) is 123 cm³/mol. The Hall–Kier alpha value is -1.60. The lowest BCUT2D eigenvalue weighted by atomic mass is 10.1. The second-order valence-electron chi connectivity index (χ2n) is 7.00. The fourth-order valence-electron chi connectivity index (χ4n) is 3.51. The molecule has 7 heteroatoms. The molecular formula is C22H23ClN2O2S2. The van der Waals surface area contributed by atoms with Gasteiger partial charge in [0.25, 0.3) is 5.91 Å². The number of benzene rings is 2. The summed E-state index contributed by atoms with van der Waals surface area (Å²) in [7, 11) is 0. The molecule has 152 valence electrons. The van der Waals surface area contributed by atoms with Crippen LogP contribution in [0.15, 0.2) is 41.3 Å². The summed E-state index contributed by atoms with van der Waals surface area (Å²) in [6.45, 7) is 5.32. The Labute approximate surface area is 184 Å². The molecule has 1 saturated heterocycles. The third-order valence-electron chi connectivity index (χ3n) is 5.04. The molecule has 0 N–H and O–H groups in total. The second-order valence-corrected chi connectivity index (χ2v) is 9.72. The number of thioether (sulfide) groups is 1. The number of amides is 1. The van der Waals surface area contributed by atoms with Crippen molar-refractivity contribution in [2.45, 2.75) is 37.7 Å². The summed E-state index contributed by atoms with van der Waals surface area (Å²) in [6, 6.07) is 11.7. The lowest BCUT2D eigenvalue weighted by Gasteiger charge is -2.24.